The van der Waals surface area contributed by atoms with Crippen LogP contribution in [0.3, 0.4) is 0 Å². The first kappa shape index (κ1) is 15.5. The summed E-state index contributed by atoms with van der Waals surface area (Å²) < 4.78 is 31.5. The van der Waals surface area contributed by atoms with E-state index in [0.29, 0.717) is 0 Å². The molecule has 0 aliphatic rings. The lowest BCUT2D eigenvalue weighted by atomic mass is 10.4. The third-order valence-electron chi connectivity index (χ3n) is 3.26. The summed E-state index contributed by atoms with van der Waals surface area (Å²) in [6.07, 6.45) is 0. The van der Waals surface area contributed by atoms with Gasteiger partial charge in [-0.1, -0.05) is 29.8 Å². The molecule has 118 valence electrons. The van der Waals surface area contributed by atoms with Crippen molar-refractivity contribution in [3.8, 4) is 0 Å². The van der Waals surface area contributed by atoms with Crippen molar-refractivity contribution in [2.45, 2.75) is 4.90 Å². The van der Waals surface area contributed by atoms with E-state index in [4.69, 9.17) is 11.6 Å². The Bertz CT molecular complexity index is 997. The van der Waals surface area contributed by atoms with Gasteiger partial charge in [0.05, 0.1) is 23.0 Å². The molecule has 3 aromatic rings. The predicted molar refractivity (Wildman–Crippen MR) is 85.1 cm³/mol. The maximum absolute atomic E-state index is 12.9. The molecule has 0 aliphatic heterocycles. The number of esters is 1. The number of halogens is 1. The van der Waals surface area contributed by atoms with Crippen LogP contribution in [0.25, 0.3) is 11.0 Å². The number of carbonyl (C=O) groups excluding carboxylic acids is 1. The SMILES string of the molecule is COC(=O)c1cc2nc(Cl)ccc2n1S(=O)(=O)c1ccccc1. The molecule has 1 aromatic carbocycles. The lowest BCUT2D eigenvalue weighted by Gasteiger charge is -2.10. The number of benzene rings is 1. The third kappa shape index (κ3) is 2.58. The van der Waals surface area contributed by atoms with Gasteiger partial charge in [0.1, 0.15) is 10.8 Å². The second-order valence-electron chi connectivity index (χ2n) is 4.64. The molecule has 0 atom stereocenters. The van der Waals surface area contributed by atoms with Crippen LogP contribution in [0.4, 0.5) is 0 Å². The first-order valence-corrected chi connectivity index (χ1v) is 8.34. The minimum atomic E-state index is -3.99. The molecule has 0 spiro atoms. The molecular formula is C15H11ClN2O4S. The zero-order valence-corrected chi connectivity index (χ0v) is 13.5. The second-order valence-corrected chi connectivity index (χ2v) is 6.82. The number of aromatic nitrogens is 2. The minimum Gasteiger partial charge on any atom is -0.464 e. The molecule has 23 heavy (non-hydrogen) atoms. The van der Waals surface area contributed by atoms with Crippen molar-refractivity contribution >= 4 is 38.6 Å². The Hall–Kier alpha value is -2.38. The normalized spacial score (nSPS) is 11.6. The van der Waals surface area contributed by atoms with Crippen LogP contribution in [0, 0.1) is 0 Å². The fraction of sp³-hybridized carbons (Fsp3) is 0.0667. The van der Waals surface area contributed by atoms with Crippen LogP contribution in [0.15, 0.2) is 53.4 Å². The molecule has 0 fully saturated rings. The van der Waals surface area contributed by atoms with E-state index in [1.54, 1.807) is 18.2 Å². The molecule has 0 N–H and O–H groups in total. The van der Waals surface area contributed by atoms with Crippen LogP contribution in [0.2, 0.25) is 5.15 Å². The fourth-order valence-electron chi connectivity index (χ4n) is 2.24. The van der Waals surface area contributed by atoms with Crippen molar-refractivity contribution in [3.63, 3.8) is 0 Å². The summed E-state index contributed by atoms with van der Waals surface area (Å²) in [5.74, 6) is -0.779. The van der Waals surface area contributed by atoms with Gasteiger partial charge in [0, 0.05) is 0 Å². The van der Waals surface area contributed by atoms with E-state index >= 15 is 0 Å². The van der Waals surface area contributed by atoms with Crippen LogP contribution in [0.1, 0.15) is 10.5 Å². The molecule has 0 amide bonds. The number of methoxy groups -OCH3 is 1. The van der Waals surface area contributed by atoms with Gasteiger partial charge in [-0.2, -0.15) is 0 Å². The number of ether oxygens (including phenoxy) is 1. The third-order valence-corrected chi connectivity index (χ3v) is 5.21. The highest BCUT2D eigenvalue weighted by atomic mass is 35.5. The summed E-state index contributed by atoms with van der Waals surface area (Å²) in [6, 6.07) is 12.1. The Kier molecular flexibility index (Phi) is 3.83. The monoisotopic (exact) mass is 350 g/mol. The molecule has 0 aliphatic carbocycles. The standard InChI is InChI=1S/C15H11ClN2O4S/c1-22-15(19)13-9-11-12(7-8-14(16)17-11)18(13)23(20,21)10-5-3-2-4-6-10/h2-9H,1H3. The van der Waals surface area contributed by atoms with Gasteiger partial charge < -0.3 is 4.74 Å². The fourth-order valence-corrected chi connectivity index (χ4v) is 3.91. The number of nitrogens with zero attached hydrogens (tertiary/aromatic N) is 2. The zero-order chi connectivity index (χ0) is 16.6. The van der Waals surface area contributed by atoms with Gasteiger partial charge in [-0.15, -0.1) is 0 Å². The van der Waals surface area contributed by atoms with Gasteiger partial charge in [0.25, 0.3) is 10.0 Å². The maximum Gasteiger partial charge on any atom is 0.355 e. The van der Waals surface area contributed by atoms with Crippen LogP contribution >= 0.6 is 11.6 Å². The van der Waals surface area contributed by atoms with Gasteiger partial charge in [-0.05, 0) is 30.3 Å². The summed E-state index contributed by atoms with van der Waals surface area (Å²) in [5.41, 5.74) is 0.400. The number of hydrogen-bond acceptors (Lipinski definition) is 5. The highest BCUT2D eigenvalue weighted by molar-refractivity contribution is 7.90. The van der Waals surface area contributed by atoms with E-state index in [2.05, 4.69) is 9.72 Å². The van der Waals surface area contributed by atoms with E-state index in [0.717, 1.165) is 3.97 Å². The lowest BCUT2D eigenvalue weighted by molar-refractivity contribution is 0.0593. The van der Waals surface area contributed by atoms with Crippen molar-refractivity contribution < 1.29 is 17.9 Å². The molecule has 0 radical (unpaired) electrons. The van der Waals surface area contributed by atoms with Gasteiger partial charge in [-0.3, -0.25) is 0 Å². The summed E-state index contributed by atoms with van der Waals surface area (Å²) in [4.78, 5) is 16.1. The Morgan fingerprint density at radius 2 is 1.87 bits per heavy atom. The van der Waals surface area contributed by atoms with E-state index in [9.17, 15) is 13.2 Å². The summed E-state index contributed by atoms with van der Waals surface area (Å²) in [7, 11) is -2.81. The van der Waals surface area contributed by atoms with Gasteiger partial charge in [0.2, 0.25) is 0 Å². The van der Waals surface area contributed by atoms with Crippen LogP contribution in [-0.2, 0) is 14.8 Å². The first-order valence-electron chi connectivity index (χ1n) is 6.52. The molecular weight excluding hydrogens is 340 g/mol. The molecule has 2 heterocycles. The van der Waals surface area contributed by atoms with E-state index in [1.807, 2.05) is 0 Å². The summed E-state index contributed by atoms with van der Waals surface area (Å²) >= 11 is 5.84. The predicted octanol–water partition coefficient (Wildman–Crippen LogP) is 2.71. The Morgan fingerprint density at radius 1 is 1.17 bits per heavy atom. The number of rotatable bonds is 3. The minimum absolute atomic E-state index is 0.0533. The zero-order valence-electron chi connectivity index (χ0n) is 11.9. The van der Waals surface area contributed by atoms with Crippen molar-refractivity contribution in [3.05, 3.63) is 59.4 Å². The van der Waals surface area contributed by atoms with Gasteiger partial charge in [0.15, 0.2) is 0 Å². The number of carbonyl (C=O) groups is 1. The molecule has 8 heteroatoms. The van der Waals surface area contributed by atoms with Crippen LogP contribution < -0.4 is 0 Å². The summed E-state index contributed by atoms with van der Waals surface area (Å²) in [5, 5.41) is 0.197. The molecule has 0 saturated heterocycles. The molecule has 0 bridgehead atoms. The highest BCUT2D eigenvalue weighted by Gasteiger charge is 2.27. The smallest absolute Gasteiger partial charge is 0.355 e. The quantitative estimate of drug-likeness (QED) is 0.536. The summed E-state index contributed by atoms with van der Waals surface area (Å²) in [6.45, 7) is 0. The van der Waals surface area contributed by atoms with Gasteiger partial charge in [-0.25, -0.2) is 22.2 Å². The largest absolute Gasteiger partial charge is 0.464 e. The van der Waals surface area contributed by atoms with E-state index in [1.165, 1.54) is 37.4 Å². The lowest BCUT2D eigenvalue weighted by Crippen LogP contribution is -2.19. The topological polar surface area (TPSA) is 78.3 Å². The number of pyridine rings is 1. The molecule has 2 aromatic heterocycles. The first-order chi connectivity index (χ1) is 10.9. The van der Waals surface area contributed by atoms with Crippen LogP contribution in [-0.4, -0.2) is 30.5 Å². The van der Waals surface area contributed by atoms with Crippen molar-refractivity contribution in [2.75, 3.05) is 7.11 Å². The van der Waals surface area contributed by atoms with Crippen molar-refractivity contribution in [1.82, 2.24) is 8.96 Å². The van der Waals surface area contributed by atoms with E-state index in [-0.39, 0.29) is 26.8 Å². The Balaban J connectivity index is 2.37. The average Bonchev–Trinajstić information content (AvgIpc) is 2.94. The maximum atomic E-state index is 12.9. The van der Waals surface area contributed by atoms with Crippen LogP contribution in [0.5, 0.6) is 0 Å². The molecule has 0 unspecified atom stereocenters. The van der Waals surface area contributed by atoms with Crippen molar-refractivity contribution in [2.24, 2.45) is 0 Å². The second kappa shape index (κ2) is 5.68. The highest BCUT2D eigenvalue weighted by Crippen LogP contribution is 2.26. The van der Waals surface area contributed by atoms with Crippen molar-refractivity contribution in [1.29, 1.82) is 0 Å². The van der Waals surface area contributed by atoms with Gasteiger partial charge >= 0.3 is 5.97 Å². The Labute approximate surface area is 137 Å². The average molecular weight is 351 g/mol. The molecule has 3 rings (SSSR count). The Morgan fingerprint density at radius 3 is 2.52 bits per heavy atom. The number of hydrogen-bond donors (Lipinski definition) is 0. The number of fused-ring (bicyclic) bond motifs is 1. The van der Waals surface area contributed by atoms with E-state index < -0.39 is 16.0 Å². The molecule has 0 saturated carbocycles. The molecule has 6 nitrogen and oxygen atoms in total.